The van der Waals surface area contributed by atoms with E-state index in [1.165, 1.54) is 0 Å². The number of aldehydes is 1. The molecule has 0 bridgehead atoms. The molecule has 1 rings (SSSR count). The van der Waals surface area contributed by atoms with Crippen LogP contribution in [0.15, 0.2) is 6.20 Å². The fraction of sp³-hybridized carbons (Fsp3) is 0.636. The minimum atomic E-state index is -1.03. The van der Waals surface area contributed by atoms with Crippen LogP contribution in [-0.2, 0) is 11.5 Å². The summed E-state index contributed by atoms with van der Waals surface area (Å²) in [6, 6.07) is 1.15. The molecule has 0 saturated heterocycles. The van der Waals surface area contributed by atoms with Gasteiger partial charge in [-0.1, -0.05) is 19.6 Å². The third-order valence-electron chi connectivity index (χ3n) is 2.48. The van der Waals surface area contributed by atoms with Crippen LogP contribution in [0, 0.1) is 6.92 Å². The highest BCUT2D eigenvalue weighted by Crippen LogP contribution is 2.07. The van der Waals surface area contributed by atoms with Gasteiger partial charge in [-0.3, -0.25) is 4.79 Å². The van der Waals surface area contributed by atoms with E-state index in [9.17, 15) is 4.79 Å². The number of nitrogens with zero attached hydrogens (tertiary/aromatic N) is 1. The first kappa shape index (κ1) is 13.1. The number of hydrogen-bond donors (Lipinski definition) is 1. The Balaban J connectivity index is 2.43. The predicted octanol–water partition coefficient (Wildman–Crippen LogP) is 1.74. The van der Waals surface area contributed by atoms with Crippen LogP contribution in [0.3, 0.4) is 0 Å². The molecule has 1 heterocycles. The molecule has 0 aliphatic rings. The molecule has 0 aliphatic heterocycles. The maximum atomic E-state index is 10.7. The Hall–Kier alpha value is -0.943. The van der Waals surface area contributed by atoms with Crippen molar-refractivity contribution in [3.63, 3.8) is 0 Å². The summed E-state index contributed by atoms with van der Waals surface area (Å²) in [5.41, 5.74) is 0.630. The van der Waals surface area contributed by atoms with E-state index in [0.717, 1.165) is 24.8 Å². The first-order chi connectivity index (χ1) is 7.44. The normalized spacial score (nSPS) is 11.8. The number of aromatic amines is 1. The zero-order chi connectivity index (χ0) is 12.2. The molecule has 5 heteroatoms. The number of ether oxygens (including phenoxy) is 1. The molecule has 0 amide bonds. The molecule has 90 valence electrons. The lowest BCUT2D eigenvalue weighted by atomic mass is 10.5. The summed E-state index contributed by atoms with van der Waals surface area (Å²) in [5.74, 6) is 0.940. The van der Waals surface area contributed by atoms with Crippen molar-refractivity contribution in [3.8, 4) is 0 Å². The van der Waals surface area contributed by atoms with Gasteiger partial charge in [0.2, 0.25) is 5.69 Å². The number of rotatable bonds is 6. The zero-order valence-corrected chi connectivity index (χ0v) is 11.5. The summed E-state index contributed by atoms with van der Waals surface area (Å²) in [6.07, 6.45) is 2.54. The van der Waals surface area contributed by atoms with Gasteiger partial charge in [-0.2, -0.15) is 0 Å². The molecule has 0 atom stereocenters. The van der Waals surface area contributed by atoms with Crippen molar-refractivity contribution in [3.05, 3.63) is 17.7 Å². The second-order valence-corrected chi connectivity index (χ2v) is 10.8. The number of carbonyl (C=O) groups is 1. The molecule has 4 nitrogen and oxygen atoms in total. The highest BCUT2D eigenvalue weighted by atomic mass is 28.3. The summed E-state index contributed by atoms with van der Waals surface area (Å²) in [4.78, 5) is 13.7. The Morgan fingerprint density at radius 2 is 2.19 bits per heavy atom. The number of nitrogens with one attached hydrogen (secondary N) is 1. The maximum absolute atomic E-state index is 10.7. The van der Waals surface area contributed by atoms with Gasteiger partial charge in [0, 0.05) is 21.6 Å². The Morgan fingerprint density at radius 3 is 2.75 bits per heavy atom. The average Bonchev–Trinajstić information content (AvgIpc) is 2.53. The molecule has 0 fully saturated rings. The monoisotopic (exact) mass is 241 g/mol. The van der Waals surface area contributed by atoms with Gasteiger partial charge in [0.25, 0.3) is 5.82 Å². The van der Waals surface area contributed by atoms with Crippen molar-refractivity contribution < 1.29 is 14.1 Å². The van der Waals surface area contributed by atoms with Crippen LogP contribution >= 0.6 is 0 Å². The summed E-state index contributed by atoms with van der Waals surface area (Å²) >= 11 is 0. The van der Waals surface area contributed by atoms with Crippen molar-refractivity contribution in [2.45, 2.75) is 39.3 Å². The van der Waals surface area contributed by atoms with Crippen molar-refractivity contribution in [2.24, 2.45) is 0 Å². The third kappa shape index (κ3) is 3.90. The molecule has 0 aliphatic carbocycles. The summed E-state index contributed by atoms with van der Waals surface area (Å²) in [5, 5.41) is 0. The van der Waals surface area contributed by atoms with Crippen molar-refractivity contribution in [2.75, 3.05) is 6.61 Å². The van der Waals surface area contributed by atoms with Gasteiger partial charge in [-0.05, 0) is 6.04 Å². The maximum Gasteiger partial charge on any atom is 0.253 e. The minimum Gasteiger partial charge on any atom is -0.342 e. The fourth-order valence-corrected chi connectivity index (χ4v) is 2.09. The number of hydrogen-bond acceptors (Lipinski definition) is 2. The molecule has 1 aromatic rings. The summed E-state index contributed by atoms with van der Waals surface area (Å²) in [7, 11) is -1.03. The third-order valence-corrected chi connectivity index (χ3v) is 4.19. The van der Waals surface area contributed by atoms with Crippen LogP contribution in [0.1, 0.15) is 16.3 Å². The first-order valence-corrected chi connectivity index (χ1v) is 9.25. The molecular weight excluding hydrogens is 220 g/mol. The number of imidazole rings is 1. The van der Waals surface area contributed by atoms with E-state index in [0.29, 0.717) is 12.4 Å². The molecule has 16 heavy (non-hydrogen) atoms. The molecule has 0 aromatic carbocycles. The highest BCUT2D eigenvalue weighted by molar-refractivity contribution is 6.76. The molecule has 0 spiro atoms. The smallest absolute Gasteiger partial charge is 0.253 e. The lowest BCUT2D eigenvalue weighted by Crippen LogP contribution is -2.40. The van der Waals surface area contributed by atoms with E-state index in [1.54, 1.807) is 6.20 Å². The van der Waals surface area contributed by atoms with Crippen molar-refractivity contribution in [1.82, 2.24) is 4.98 Å². The molecule has 0 saturated carbocycles. The van der Waals surface area contributed by atoms with Crippen LogP contribution in [0.2, 0.25) is 25.7 Å². The summed E-state index contributed by atoms with van der Waals surface area (Å²) < 4.78 is 7.44. The molecule has 1 N–H and O–H groups in total. The molecule has 0 unspecified atom stereocenters. The standard InChI is InChI=1S/C11H20N2O2Si/c1-10-12-7-11(8-14)13(10)9-15-5-6-16(2,3)4/h7-8H,5-6,9H2,1-4H3/p+1. The van der Waals surface area contributed by atoms with Crippen LogP contribution in [0.25, 0.3) is 0 Å². The highest BCUT2D eigenvalue weighted by Gasteiger charge is 2.15. The van der Waals surface area contributed by atoms with Gasteiger partial charge >= 0.3 is 0 Å². The minimum absolute atomic E-state index is 0.452. The van der Waals surface area contributed by atoms with Gasteiger partial charge in [-0.15, -0.1) is 0 Å². The molecular formula is C11H21N2O2Si+. The second-order valence-electron chi connectivity index (χ2n) is 5.19. The number of H-pyrrole nitrogens is 1. The van der Waals surface area contributed by atoms with Crippen molar-refractivity contribution >= 4 is 14.4 Å². The fourth-order valence-electron chi connectivity index (χ4n) is 1.33. The Labute approximate surface area is 97.6 Å². The van der Waals surface area contributed by atoms with E-state index in [-0.39, 0.29) is 0 Å². The Morgan fingerprint density at radius 1 is 1.50 bits per heavy atom. The van der Waals surface area contributed by atoms with Gasteiger partial charge in [-0.25, -0.2) is 9.55 Å². The number of aryl methyl sites for hydroxylation is 1. The zero-order valence-electron chi connectivity index (χ0n) is 10.5. The van der Waals surface area contributed by atoms with E-state index in [2.05, 4.69) is 24.6 Å². The number of carbonyl (C=O) groups excluding carboxylic acids is 1. The first-order valence-electron chi connectivity index (χ1n) is 5.55. The summed E-state index contributed by atoms with van der Waals surface area (Å²) in [6.45, 7) is 10.1. The average molecular weight is 241 g/mol. The van der Waals surface area contributed by atoms with Crippen molar-refractivity contribution in [1.29, 1.82) is 0 Å². The van der Waals surface area contributed by atoms with Crippen LogP contribution in [-0.4, -0.2) is 26.0 Å². The van der Waals surface area contributed by atoms with Gasteiger partial charge < -0.3 is 4.74 Å². The topological polar surface area (TPSA) is 46.0 Å². The molecule has 0 radical (unpaired) electrons. The predicted molar refractivity (Wildman–Crippen MR) is 65.2 cm³/mol. The van der Waals surface area contributed by atoms with Crippen LogP contribution < -0.4 is 4.57 Å². The van der Waals surface area contributed by atoms with E-state index in [4.69, 9.17) is 4.74 Å². The SMILES string of the molecule is Cc1[nH]cc(C=O)[n+]1COCC[Si](C)(C)C. The van der Waals surface area contributed by atoms with Gasteiger partial charge in [0.05, 0.1) is 0 Å². The Bertz CT molecular complexity index is 355. The Kier molecular flexibility index (Phi) is 4.43. The number of aromatic nitrogens is 2. The van der Waals surface area contributed by atoms with E-state index in [1.807, 2.05) is 11.5 Å². The van der Waals surface area contributed by atoms with Crippen LogP contribution in [0.4, 0.5) is 0 Å². The van der Waals surface area contributed by atoms with Crippen LogP contribution in [0.5, 0.6) is 0 Å². The van der Waals surface area contributed by atoms with Gasteiger partial charge in [0.1, 0.15) is 6.20 Å². The van der Waals surface area contributed by atoms with E-state index >= 15 is 0 Å². The quantitative estimate of drug-likeness (QED) is 0.357. The lowest BCUT2D eigenvalue weighted by molar-refractivity contribution is -0.737. The van der Waals surface area contributed by atoms with E-state index < -0.39 is 8.07 Å². The molecule has 1 aromatic heterocycles. The van der Waals surface area contributed by atoms with Gasteiger partial charge in [0.15, 0.2) is 13.0 Å². The largest absolute Gasteiger partial charge is 0.342 e. The lowest BCUT2D eigenvalue weighted by Gasteiger charge is -2.14. The second kappa shape index (κ2) is 5.40.